The van der Waals surface area contributed by atoms with E-state index in [0.717, 1.165) is 25.6 Å². The highest BCUT2D eigenvalue weighted by Crippen LogP contribution is 2.33. The molecule has 0 aromatic carbocycles. The Morgan fingerprint density at radius 2 is 1.77 bits per heavy atom. The Bertz CT molecular complexity index is 152. The second kappa shape index (κ2) is 4.43. The van der Waals surface area contributed by atoms with Gasteiger partial charge in [-0.3, -0.25) is 0 Å². The number of ether oxygens (including phenoxy) is 1. The molecule has 1 N–H and O–H groups in total. The minimum absolute atomic E-state index is 0.0276. The van der Waals surface area contributed by atoms with E-state index in [1.165, 1.54) is 32.1 Å². The predicted octanol–water partition coefficient (Wildman–Crippen LogP) is 1.96. The lowest BCUT2D eigenvalue weighted by molar-refractivity contribution is 0.00959. The number of aliphatic hydroxyl groups excluding tert-OH is 1. The van der Waals surface area contributed by atoms with Gasteiger partial charge >= 0.3 is 0 Å². The van der Waals surface area contributed by atoms with E-state index in [-0.39, 0.29) is 6.10 Å². The van der Waals surface area contributed by atoms with Crippen LogP contribution in [0, 0.1) is 11.8 Å². The molecule has 2 heteroatoms. The first-order valence-corrected chi connectivity index (χ1v) is 5.62. The molecule has 1 aliphatic carbocycles. The van der Waals surface area contributed by atoms with Gasteiger partial charge in [0.2, 0.25) is 0 Å². The van der Waals surface area contributed by atoms with Crippen LogP contribution in [0.1, 0.15) is 38.5 Å². The molecule has 2 fully saturated rings. The first-order chi connectivity index (χ1) is 6.36. The third-order valence-corrected chi connectivity index (χ3v) is 3.66. The van der Waals surface area contributed by atoms with Gasteiger partial charge in [-0.1, -0.05) is 0 Å². The van der Waals surface area contributed by atoms with Crippen molar-refractivity contribution < 1.29 is 9.84 Å². The van der Waals surface area contributed by atoms with Crippen LogP contribution in [-0.4, -0.2) is 24.4 Å². The summed E-state index contributed by atoms with van der Waals surface area (Å²) in [5.41, 5.74) is 0. The predicted molar refractivity (Wildman–Crippen MR) is 51.5 cm³/mol. The minimum atomic E-state index is 0.0276. The molecule has 13 heavy (non-hydrogen) atoms. The lowest BCUT2D eigenvalue weighted by Crippen LogP contribution is -2.31. The largest absolute Gasteiger partial charge is 0.393 e. The summed E-state index contributed by atoms with van der Waals surface area (Å²) in [6.07, 6.45) is 7.35. The summed E-state index contributed by atoms with van der Waals surface area (Å²) >= 11 is 0. The van der Waals surface area contributed by atoms with Gasteiger partial charge < -0.3 is 9.84 Å². The fourth-order valence-electron chi connectivity index (χ4n) is 2.37. The Hall–Kier alpha value is -0.0800. The highest BCUT2D eigenvalue weighted by molar-refractivity contribution is 4.80. The SMILES string of the molecule is OC1CCC1CCC1CCOCC1. The molecule has 0 bridgehead atoms. The van der Waals surface area contributed by atoms with Gasteiger partial charge in [-0.25, -0.2) is 0 Å². The molecule has 0 radical (unpaired) electrons. The highest BCUT2D eigenvalue weighted by Gasteiger charge is 2.29. The van der Waals surface area contributed by atoms with Crippen LogP contribution < -0.4 is 0 Å². The molecule has 0 aromatic rings. The van der Waals surface area contributed by atoms with E-state index in [1.807, 2.05) is 0 Å². The molecule has 1 saturated heterocycles. The van der Waals surface area contributed by atoms with E-state index in [1.54, 1.807) is 0 Å². The Balaban J connectivity index is 1.61. The van der Waals surface area contributed by atoms with Gasteiger partial charge in [-0.15, -0.1) is 0 Å². The summed E-state index contributed by atoms with van der Waals surface area (Å²) in [5.74, 6) is 1.50. The van der Waals surface area contributed by atoms with Crippen molar-refractivity contribution in [1.82, 2.24) is 0 Å². The van der Waals surface area contributed by atoms with Crippen LogP contribution in [-0.2, 0) is 4.74 Å². The van der Waals surface area contributed by atoms with Crippen molar-refractivity contribution >= 4 is 0 Å². The van der Waals surface area contributed by atoms with Crippen LogP contribution in [0.4, 0.5) is 0 Å². The van der Waals surface area contributed by atoms with Gasteiger partial charge in [0.1, 0.15) is 0 Å². The second-order valence-corrected chi connectivity index (χ2v) is 4.54. The summed E-state index contributed by atoms with van der Waals surface area (Å²) in [5, 5.41) is 9.41. The van der Waals surface area contributed by atoms with Gasteiger partial charge in [-0.2, -0.15) is 0 Å². The minimum Gasteiger partial charge on any atom is -0.393 e. The van der Waals surface area contributed by atoms with Crippen molar-refractivity contribution in [2.75, 3.05) is 13.2 Å². The number of hydrogen-bond acceptors (Lipinski definition) is 2. The van der Waals surface area contributed by atoms with E-state index < -0.39 is 0 Å². The zero-order valence-electron chi connectivity index (χ0n) is 8.24. The van der Waals surface area contributed by atoms with Gasteiger partial charge in [0, 0.05) is 13.2 Å². The zero-order valence-corrected chi connectivity index (χ0v) is 8.24. The zero-order chi connectivity index (χ0) is 9.10. The fourth-order valence-corrected chi connectivity index (χ4v) is 2.37. The third kappa shape index (κ3) is 2.44. The van der Waals surface area contributed by atoms with Crippen molar-refractivity contribution in [3.8, 4) is 0 Å². The molecule has 0 amide bonds. The highest BCUT2D eigenvalue weighted by atomic mass is 16.5. The van der Waals surface area contributed by atoms with Crippen LogP contribution in [0.25, 0.3) is 0 Å². The van der Waals surface area contributed by atoms with Crippen molar-refractivity contribution in [3.05, 3.63) is 0 Å². The average molecular weight is 184 g/mol. The topological polar surface area (TPSA) is 29.5 Å². The molecule has 76 valence electrons. The Kier molecular flexibility index (Phi) is 3.23. The quantitative estimate of drug-likeness (QED) is 0.726. The van der Waals surface area contributed by atoms with Gasteiger partial charge in [0.15, 0.2) is 0 Å². The molecule has 2 nitrogen and oxygen atoms in total. The molecule has 2 rings (SSSR count). The number of aliphatic hydroxyl groups is 1. The Morgan fingerprint density at radius 1 is 1.00 bits per heavy atom. The van der Waals surface area contributed by atoms with E-state index in [2.05, 4.69) is 0 Å². The maximum Gasteiger partial charge on any atom is 0.0568 e. The van der Waals surface area contributed by atoms with Crippen LogP contribution >= 0.6 is 0 Å². The summed E-state index contributed by atoms with van der Waals surface area (Å²) in [6.45, 7) is 1.91. The number of rotatable bonds is 3. The van der Waals surface area contributed by atoms with E-state index in [9.17, 15) is 5.11 Å². The molecule has 0 aromatic heterocycles. The maximum atomic E-state index is 9.41. The third-order valence-electron chi connectivity index (χ3n) is 3.66. The molecule has 0 spiro atoms. The number of hydrogen-bond donors (Lipinski definition) is 1. The maximum absolute atomic E-state index is 9.41. The molecule has 1 saturated carbocycles. The van der Waals surface area contributed by atoms with E-state index in [4.69, 9.17) is 4.74 Å². The molecule has 2 aliphatic rings. The van der Waals surface area contributed by atoms with Crippen molar-refractivity contribution in [2.24, 2.45) is 11.8 Å². The monoisotopic (exact) mass is 184 g/mol. The van der Waals surface area contributed by atoms with Crippen LogP contribution in [0.5, 0.6) is 0 Å². The first kappa shape index (κ1) is 9.47. The summed E-state index contributed by atoms with van der Waals surface area (Å²) < 4.78 is 5.32. The Morgan fingerprint density at radius 3 is 2.31 bits per heavy atom. The van der Waals surface area contributed by atoms with Gasteiger partial charge in [-0.05, 0) is 50.4 Å². The lowest BCUT2D eigenvalue weighted by Gasteiger charge is -2.34. The molecule has 1 heterocycles. The van der Waals surface area contributed by atoms with Gasteiger partial charge in [0.25, 0.3) is 0 Å². The Labute approximate surface area is 80.3 Å². The molecule has 1 aliphatic heterocycles. The van der Waals surface area contributed by atoms with Crippen molar-refractivity contribution in [2.45, 2.75) is 44.6 Å². The molecular weight excluding hydrogens is 164 g/mol. The lowest BCUT2D eigenvalue weighted by atomic mass is 9.77. The summed E-state index contributed by atoms with van der Waals surface area (Å²) in [7, 11) is 0. The van der Waals surface area contributed by atoms with Crippen LogP contribution in [0.3, 0.4) is 0 Å². The first-order valence-electron chi connectivity index (χ1n) is 5.62. The van der Waals surface area contributed by atoms with Crippen molar-refractivity contribution in [1.29, 1.82) is 0 Å². The van der Waals surface area contributed by atoms with E-state index >= 15 is 0 Å². The van der Waals surface area contributed by atoms with E-state index in [0.29, 0.717) is 5.92 Å². The second-order valence-electron chi connectivity index (χ2n) is 4.54. The normalized spacial score (nSPS) is 35.8. The van der Waals surface area contributed by atoms with Crippen LogP contribution in [0.15, 0.2) is 0 Å². The molecule has 2 unspecified atom stereocenters. The smallest absolute Gasteiger partial charge is 0.0568 e. The molecule has 2 atom stereocenters. The summed E-state index contributed by atoms with van der Waals surface area (Å²) in [4.78, 5) is 0. The average Bonchev–Trinajstić information content (AvgIpc) is 2.17. The standard InChI is InChI=1S/C11H20O2/c12-11-4-3-10(11)2-1-9-5-7-13-8-6-9/h9-12H,1-8H2. The van der Waals surface area contributed by atoms with Crippen LogP contribution in [0.2, 0.25) is 0 Å². The summed E-state index contributed by atoms with van der Waals surface area (Å²) in [6, 6.07) is 0. The fraction of sp³-hybridized carbons (Fsp3) is 1.00. The molecular formula is C11H20O2. The van der Waals surface area contributed by atoms with Gasteiger partial charge in [0.05, 0.1) is 6.10 Å². The van der Waals surface area contributed by atoms with Crippen molar-refractivity contribution in [3.63, 3.8) is 0 Å².